The molecule has 2 heterocycles. The lowest BCUT2D eigenvalue weighted by atomic mass is 9.91. The Morgan fingerprint density at radius 3 is 2.32 bits per heavy atom. The molecule has 194 valence electrons. The van der Waals surface area contributed by atoms with E-state index in [2.05, 4.69) is 6.08 Å². The molecule has 37 heavy (non-hydrogen) atoms. The molecule has 1 aliphatic heterocycles. The van der Waals surface area contributed by atoms with Crippen molar-refractivity contribution in [1.29, 1.82) is 0 Å². The van der Waals surface area contributed by atoms with Crippen LogP contribution in [-0.2, 0) is 6.42 Å². The summed E-state index contributed by atoms with van der Waals surface area (Å²) in [6.07, 6.45) is 9.12. The van der Waals surface area contributed by atoms with Gasteiger partial charge in [-0.2, -0.15) is 0 Å². The average Bonchev–Trinajstić information content (AvgIpc) is 2.77. The summed E-state index contributed by atoms with van der Waals surface area (Å²) in [5.41, 5.74) is 1.52. The third kappa shape index (κ3) is 5.07. The van der Waals surface area contributed by atoms with Gasteiger partial charge in [-0.15, -0.1) is 0 Å². The summed E-state index contributed by atoms with van der Waals surface area (Å²) >= 11 is 0. The van der Waals surface area contributed by atoms with Crippen LogP contribution in [0.2, 0.25) is 0 Å². The maximum Gasteiger partial charge on any atom is 0.200 e. The first-order chi connectivity index (χ1) is 17.4. The van der Waals surface area contributed by atoms with Crippen LogP contribution in [0.4, 0.5) is 0 Å². The lowest BCUT2D eigenvalue weighted by Crippen LogP contribution is -2.32. The summed E-state index contributed by atoms with van der Waals surface area (Å²) in [7, 11) is 0. The molecular weight excluding hydrogens is 472 g/mol. The number of ether oxygens (including phenoxy) is 1. The molecular formula is C30H32O7. The fourth-order valence-corrected chi connectivity index (χ4v) is 4.46. The summed E-state index contributed by atoms with van der Waals surface area (Å²) < 4.78 is 12.5. The number of hydrogen-bond acceptors (Lipinski definition) is 7. The molecule has 0 spiro atoms. The first kappa shape index (κ1) is 25.9. The quantitative estimate of drug-likeness (QED) is 0.276. The zero-order valence-corrected chi connectivity index (χ0v) is 21.7. The third-order valence-electron chi connectivity index (χ3n) is 6.40. The molecule has 7 heteroatoms. The van der Waals surface area contributed by atoms with Gasteiger partial charge in [0, 0.05) is 23.8 Å². The second kappa shape index (κ2) is 9.73. The van der Waals surface area contributed by atoms with Crippen LogP contribution >= 0.6 is 0 Å². The van der Waals surface area contributed by atoms with Crippen molar-refractivity contribution in [2.24, 2.45) is 0 Å². The predicted molar refractivity (Wildman–Crippen MR) is 144 cm³/mol. The zero-order chi connectivity index (χ0) is 27.1. The third-order valence-corrected chi connectivity index (χ3v) is 6.40. The van der Waals surface area contributed by atoms with E-state index in [4.69, 9.17) is 9.15 Å². The summed E-state index contributed by atoms with van der Waals surface area (Å²) in [6, 6.07) is 3.50. The Hall–Kier alpha value is -4.13. The molecule has 4 rings (SSSR count). The number of aromatic hydroxyl groups is 4. The molecule has 1 atom stereocenters. The van der Waals surface area contributed by atoms with Crippen molar-refractivity contribution in [3.63, 3.8) is 0 Å². The van der Waals surface area contributed by atoms with Crippen molar-refractivity contribution in [2.75, 3.05) is 0 Å². The van der Waals surface area contributed by atoms with Gasteiger partial charge in [0.2, 0.25) is 5.43 Å². The van der Waals surface area contributed by atoms with Gasteiger partial charge in [0.25, 0.3) is 0 Å². The van der Waals surface area contributed by atoms with E-state index in [1.807, 2.05) is 46.8 Å². The maximum absolute atomic E-state index is 13.6. The largest absolute Gasteiger partial charge is 0.508 e. The Morgan fingerprint density at radius 1 is 0.946 bits per heavy atom. The lowest BCUT2D eigenvalue weighted by molar-refractivity contribution is 0.128. The number of benzene rings is 2. The second-order valence-corrected chi connectivity index (χ2v) is 10.2. The standard InChI is InChI=1S/C30H32O7/c1-16(2)7-6-11-30(5)12-10-19-21(32)15-23(34)26(29(19)37-30)28-20(9-8-17(3)4)27(35)25-22(33)13-18(31)14-24(25)36-28/h7-8,10,12-15,31-34H,6,9,11H2,1-5H3/t30-/m1/s1. The Morgan fingerprint density at radius 2 is 1.65 bits per heavy atom. The van der Waals surface area contributed by atoms with E-state index < -0.39 is 16.8 Å². The number of fused-ring (bicyclic) bond motifs is 2. The molecule has 0 unspecified atom stereocenters. The molecule has 0 amide bonds. The normalized spacial score (nSPS) is 16.2. The maximum atomic E-state index is 13.6. The highest BCUT2D eigenvalue weighted by Gasteiger charge is 2.34. The number of phenolic OH excluding ortho intramolecular Hbond substituents is 4. The van der Waals surface area contributed by atoms with Crippen molar-refractivity contribution in [3.8, 4) is 40.1 Å². The van der Waals surface area contributed by atoms with Crippen LogP contribution in [0, 0.1) is 0 Å². The molecule has 4 N–H and O–H groups in total. The van der Waals surface area contributed by atoms with E-state index in [1.165, 1.54) is 17.7 Å². The van der Waals surface area contributed by atoms with Crippen LogP contribution in [0.3, 0.4) is 0 Å². The van der Waals surface area contributed by atoms with Crippen LogP contribution in [0.5, 0.6) is 28.7 Å². The Kier molecular flexibility index (Phi) is 6.82. The number of hydrogen-bond donors (Lipinski definition) is 4. The van der Waals surface area contributed by atoms with Gasteiger partial charge in [-0.05, 0) is 66.0 Å². The number of phenols is 4. The van der Waals surface area contributed by atoms with Gasteiger partial charge >= 0.3 is 0 Å². The lowest BCUT2D eigenvalue weighted by Gasteiger charge is -2.33. The Balaban J connectivity index is 2.00. The summed E-state index contributed by atoms with van der Waals surface area (Å²) in [5, 5.41) is 42.0. The number of rotatable bonds is 6. The highest BCUT2D eigenvalue weighted by Crippen LogP contribution is 2.50. The molecule has 2 aromatic carbocycles. The van der Waals surface area contributed by atoms with Crippen molar-refractivity contribution in [3.05, 3.63) is 68.9 Å². The first-order valence-electron chi connectivity index (χ1n) is 12.2. The Bertz CT molecular complexity index is 1530. The Labute approximate surface area is 215 Å². The topological polar surface area (TPSA) is 120 Å². The fourth-order valence-electron chi connectivity index (χ4n) is 4.46. The van der Waals surface area contributed by atoms with Crippen LogP contribution in [0.1, 0.15) is 58.6 Å². The molecule has 7 nitrogen and oxygen atoms in total. The molecule has 3 aromatic rings. The second-order valence-electron chi connectivity index (χ2n) is 10.2. The van der Waals surface area contributed by atoms with Crippen molar-refractivity contribution >= 4 is 17.0 Å². The highest BCUT2D eigenvalue weighted by molar-refractivity contribution is 5.90. The van der Waals surface area contributed by atoms with Crippen molar-refractivity contribution < 1.29 is 29.6 Å². The summed E-state index contributed by atoms with van der Waals surface area (Å²) in [5.74, 6) is -0.969. The SMILES string of the molecule is CC(C)=CCC[C@]1(C)C=Cc2c(O)cc(O)c(-c3oc4cc(O)cc(O)c4c(=O)c3CC=C(C)C)c2O1. The first-order valence-corrected chi connectivity index (χ1v) is 12.2. The molecule has 0 bridgehead atoms. The van der Waals surface area contributed by atoms with Crippen molar-refractivity contribution in [2.45, 2.75) is 59.5 Å². The van der Waals surface area contributed by atoms with E-state index in [9.17, 15) is 25.2 Å². The van der Waals surface area contributed by atoms with Gasteiger partial charge in [0.15, 0.2) is 0 Å². The van der Waals surface area contributed by atoms with Gasteiger partial charge in [0.1, 0.15) is 56.6 Å². The fraction of sp³-hybridized carbons (Fsp3) is 0.300. The van der Waals surface area contributed by atoms with Crippen LogP contribution in [0.25, 0.3) is 28.4 Å². The number of allylic oxidation sites excluding steroid dienone is 4. The van der Waals surface area contributed by atoms with Crippen molar-refractivity contribution in [1.82, 2.24) is 0 Å². The molecule has 0 saturated carbocycles. The van der Waals surface area contributed by atoms with E-state index in [1.54, 1.807) is 6.08 Å². The molecule has 0 aliphatic carbocycles. The zero-order valence-electron chi connectivity index (χ0n) is 21.7. The van der Waals surface area contributed by atoms with E-state index in [0.29, 0.717) is 12.0 Å². The van der Waals surface area contributed by atoms with Crippen LogP contribution in [0.15, 0.2) is 56.8 Å². The van der Waals surface area contributed by atoms with E-state index >= 15 is 0 Å². The van der Waals surface area contributed by atoms with E-state index in [0.717, 1.165) is 18.1 Å². The minimum Gasteiger partial charge on any atom is -0.508 e. The predicted octanol–water partition coefficient (Wildman–Crippen LogP) is 6.70. The van der Waals surface area contributed by atoms with Crippen LogP contribution < -0.4 is 10.2 Å². The molecule has 0 radical (unpaired) electrons. The van der Waals surface area contributed by atoms with Crippen LogP contribution in [-0.4, -0.2) is 26.0 Å². The average molecular weight is 505 g/mol. The van der Waals surface area contributed by atoms with E-state index in [-0.39, 0.29) is 57.3 Å². The summed E-state index contributed by atoms with van der Waals surface area (Å²) in [6.45, 7) is 9.74. The van der Waals surface area contributed by atoms with Gasteiger partial charge < -0.3 is 29.6 Å². The minimum atomic E-state index is -0.748. The van der Waals surface area contributed by atoms with Gasteiger partial charge in [0.05, 0.1) is 5.56 Å². The van der Waals surface area contributed by atoms with Gasteiger partial charge in [-0.3, -0.25) is 4.79 Å². The molecule has 1 aromatic heterocycles. The monoisotopic (exact) mass is 504 g/mol. The molecule has 0 fully saturated rings. The van der Waals surface area contributed by atoms with Gasteiger partial charge in [-0.25, -0.2) is 0 Å². The molecule has 1 aliphatic rings. The smallest absolute Gasteiger partial charge is 0.200 e. The minimum absolute atomic E-state index is 0.0377. The highest BCUT2D eigenvalue weighted by atomic mass is 16.5. The van der Waals surface area contributed by atoms with Gasteiger partial charge in [-0.1, -0.05) is 23.3 Å². The summed E-state index contributed by atoms with van der Waals surface area (Å²) in [4.78, 5) is 13.6. The molecule has 0 saturated heterocycles.